The number of likely N-dealkylation sites (N-methyl/N-ethyl adjacent to an activating group) is 1. The second-order valence-electron chi connectivity index (χ2n) is 9.20. The fourth-order valence-corrected chi connectivity index (χ4v) is 4.98. The second kappa shape index (κ2) is 10.8. The van der Waals surface area contributed by atoms with Crippen molar-refractivity contribution in [2.45, 2.75) is 58.5 Å². The number of carbonyl (C=O) groups is 3. The van der Waals surface area contributed by atoms with Crippen molar-refractivity contribution in [1.82, 2.24) is 9.88 Å². The van der Waals surface area contributed by atoms with Gasteiger partial charge in [0.05, 0.1) is 5.92 Å². The number of carbonyl (C=O) groups excluding carboxylic acids is 2. The Labute approximate surface area is 205 Å². The van der Waals surface area contributed by atoms with Crippen molar-refractivity contribution in [2.24, 2.45) is 5.92 Å². The molecule has 7 nitrogen and oxygen atoms in total. The molecule has 1 aromatic heterocycles. The van der Waals surface area contributed by atoms with Crippen LogP contribution < -0.4 is 10.2 Å². The lowest BCUT2D eigenvalue weighted by molar-refractivity contribution is -0.142. The van der Waals surface area contributed by atoms with Gasteiger partial charge in [-0.3, -0.25) is 14.4 Å². The van der Waals surface area contributed by atoms with E-state index in [0.717, 1.165) is 28.6 Å². The normalized spacial score (nSPS) is 17.8. The zero-order valence-corrected chi connectivity index (χ0v) is 20.4. The van der Waals surface area contributed by atoms with Gasteiger partial charge < -0.3 is 19.9 Å². The molecule has 4 rings (SSSR count). The molecule has 2 aromatic carbocycles. The molecule has 2 N–H and O–H groups in total. The van der Waals surface area contributed by atoms with Gasteiger partial charge in [0.2, 0.25) is 5.91 Å². The summed E-state index contributed by atoms with van der Waals surface area (Å²) in [6.07, 6.45) is 3.28. The molecule has 7 heteroatoms. The molecule has 1 saturated carbocycles. The third-order valence-corrected chi connectivity index (χ3v) is 7.00. The lowest BCUT2D eigenvalue weighted by Gasteiger charge is -2.27. The lowest BCUT2D eigenvalue weighted by Crippen LogP contribution is -2.40. The van der Waals surface area contributed by atoms with Gasteiger partial charge in [-0.15, -0.1) is 0 Å². The van der Waals surface area contributed by atoms with E-state index >= 15 is 0 Å². The number of aliphatic carboxylic acids is 1. The van der Waals surface area contributed by atoms with Gasteiger partial charge in [0.1, 0.15) is 12.2 Å². The number of fused-ring (bicyclic) bond motifs is 1. The number of nitrogens with zero attached hydrogens (tertiary/aromatic N) is 2. The Morgan fingerprint density at radius 3 is 2.43 bits per heavy atom. The molecular weight excluding hydrogens is 442 g/mol. The fourth-order valence-electron chi connectivity index (χ4n) is 4.98. The highest BCUT2D eigenvalue weighted by Crippen LogP contribution is 2.26. The summed E-state index contributed by atoms with van der Waals surface area (Å²) >= 11 is 0. The van der Waals surface area contributed by atoms with Crippen molar-refractivity contribution in [3.8, 4) is 0 Å². The molecule has 1 heterocycles. The van der Waals surface area contributed by atoms with Crippen LogP contribution in [0.15, 0.2) is 54.6 Å². The quantitative estimate of drug-likeness (QED) is 0.497. The maximum Gasteiger partial charge on any atom is 0.306 e. The van der Waals surface area contributed by atoms with Crippen molar-refractivity contribution in [2.75, 3.05) is 11.4 Å². The van der Waals surface area contributed by atoms with Gasteiger partial charge >= 0.3 is 5.97 Å². The average Bonchev–Trinajstić information content (AvgIpc) is 3.23. The van der Waals surface area contributed by atoms with E-state index in [4.69, 9.17) is 0 Å². The van der Waals surface area contributed by atoms with Crippen LogP contribution in [0.3, 0.4) is 0 Å². The number of anilines is 1. The highest BCUT2D eigenvalue weighted by molar-refractivity contribution is 6.01. The maximum absolute atomic E-state index is 13.5. The van der Waals surface area contributed by atoms with Crippen LogP contribution >= 0.6 is 0 Å². The van der Waals surface area contributed by atoms with E-state index in [9.17, 15) is 19.5 Å². The zero-order chi connectivity index (χ0) is 24.9. The Kier molecular flexibility index (Phi) is 7.54. The van der Waals surface area contributed by atoms with Crippen LogP contribution in [0.2, 0.25) is 0 Å². The monoisotopic (exact) mass is 475 g/mol. The molecular formula is C28H33N3O4. The molecule has 0 radical (unpaired) electrons. The number of para-hydroxylation sites is 1. The summed E-state index contributed by atoms with van der Waals surface area (Å²) in [5.74, 6) is -1.42. The predicted molar refractivity (Wildman–Crippen MR) is 137 cm³/mol. The number of carboxylic acids is 1. The third-order valence-electron chi connectivity index (χ3n) is 7.00. The van der Waals surface area contributed by atoms with Gasteiger partial charge in [-0.25, -0.2) is 0 Å². The minimum Gasteiger partial charge on any atom is -0.481 e. The molecule has 0 aliphatic heterocycles. The summed E-state index contributed by atoms with van der Waals surface area (Å²) in [6, 6.07) is 17.4. The van der Waals surface area contributed by atoms with Crippen molar-refractivity contribution < 1.29 is 19.5 Å². The minimum atomic E-state index is -0.765. The van der Waals surface area contributed by atoms with Crippen LogP contribution in [0.4, 0.5) is 5.69 Å². The first-order valence-corrected chi connectivity index (χ1v) is 12.4. The summed E-state index contributed by atoms with van der Waals surface area (Å²) < 4.78 is 1.79. The molecule has 0 spiro atoms. The number of rotatable bonds is 8. The number of aryl methyl sites for hydroxylation is 1. The van der Waals surface area contributed by atoms with E-state index in [0.29, 0.717) is 37.9 Å². The molecule has 2 amide bonds. The van der Waals surface area contributed by atoms with Crippen LogP contribution in [0, 0.1) is 5.92 Å². The highest BCUT2D eigenvalue weighted by atomic mass is 16.4. The smallest absolute Gasteiger partial charge is 0.306 e. The summed E-state index contributed by atoms with van der Waals surface area (Å²) in [4.78, 5) is 39.8. The molecule has 35 heavy (non-hydrogen) atoms. The number of carboxylic acid groups (broad SMARTS) is 1. The average molecular weight is 476 g/mol. The van der Waals surface area contributed by atoms with Crippen LogP contribution in [0.25, 0.3) is 10.9 Å². The molecule has 0 atom stereocenters. The molecule has 1 aliphatic carbocycles. The van der Waals surface area contributed by atoms with E-state index in [2.05, 4.69) is 12.2 Å². The van der Waals surface area contributed by atoms with Crippen molar-refractivity contribution in [3.63, 3.8) is 0 Å². The van der Waals surface area contributed by atoms with E-state index in [1.54, 1.807) is 9.47 Å². The van der Waals surface area contributed by atoms with E-state index in [-0.39, 0.29) is 30.3 Å². The molecule has 0 saturated heterocycles. The number of aromatic nitrogens is 1. The lowest BCUT2D eigenvalue weighted by atomic mass is 9.86. The summed E-state index contributed by atoms with van der Waals surface area (Å²) in [6.45, 7) is 4.61. The van der Waals surface area contributed by atoms with Crippen molar-refractivity contribution >= 4 is 34.4 Å². The van der Waals surface area contributed by atoms with Crippen LogP contribution in [-0.4, -0.2) is 40.0 Å². The van der Waals surface area contributed by atoms with Crippen LogP contribution in [0.1, 0.15) is 55.6 Å². The van der Waals surface area contributed by atoms with Gasteiger partial charge in [0.15, 0.2) is 0 Å². The Bertz CT molecular complexity index is 1220. The molecule has 3 aromatic rings. The Morgan fingerprint density at radius 1 is 1.00 bits per heavy atom. The number of benzene rings is 2. The highest BCUT2D eigenvalue weighted by Gasteiger charge is 2.28. The number of hydrogen-bond donors (Lipinski definition) is 2. The van der Waals surface area contributed by atoms with Crippen LogP contribution in [0.5, 0.6) is 0 Å². The van der Waals surface area contributed by atoms with E-state index in [1.807, 2.05) is 61.5 Å². The van der Waals surface area contributed by atoms with Crippen LogP contribution in [-0.2, 0) is 22.6 Å². The number of hydrogen-bond acceptors (Lipinski definition) is 3. The van der Waals surface area contributed by atoms with Gasteiger partial charge in [-0.05, 0) is 68.9 Å². The van der Waals surface area contributed by atoms with Crippen molar-refractivity contribution in [3.05, 3.63) is 65.9 Å². The third kappa shape index (κ3) is 5.39. The molecule has 0 bridgehead atoms. The SMILES string of the molecule is CCc1cccc(N(CC)C(=O)Cn2c(C(=O)N[C@H]3CC[C@H](C(=O)O)CC3)cc3ccccc32)c1. The maximum atomic E-state index is 13.5. The van der Waals surface area contributed by atoms with Gasteiger partial charge in [-0.2, -0.15) is 0 Å². The van der Waals surface area contributed by atoms with Gasteiger partial charge in [0.25, 0.3) is 5.91 Å². The minimum absolute atomic E-state index is 0.0478. The Hall–Kier alpha value is -3.61. The first kappa shape index (κ1) is 24.5. The molecule has 0 unspecified atom stereocenters. The summed E-state index contributed by atoms with van der Waals surface area (Å²) in [5, 5.41) is 13.2. The first-order chi connectivity index (χ1) is 16.9. The number of amides is 2. The summed E-state index contributed by atoms with van der Waals surface area (Å²) in [5.41, 5.74) is 3.30. The summed E-state index contributed by atoms with van der Waals surface area (Å²) in [7, 11) is 0. The van der Waals surface area contributed by atoms with Gasteiger partial charge in [0, 0.05) is 29.2 Å². The zero-order valence-electron chi connectivity index (χ0n) is 20.4. The standard InChI is InChI=1S/C28H33N3O4/c1-3-19-8-7-10-23(16-19)30(4-2)26(32)18-31-24-11-6-5-9-21(24)17-25(31)27(33)29-22-14-12-20(13-15-22)28(34)35/h5-11,16-17,20,22H,3-4,12-15,18H2,1-2H3,(H,29,33)(H,34,35)/t20-,22-. The largest absolute Gasteiger partial charge is 0.481 e. The van der Waals surface area contributed by atoms with Gasteiger partial charge in [-0.1, -0.05) is 37.3 Å². The molecule has 1 fully saturated rings. The second-order valence-corrected chi connectivity index (χ2v) is 9.20. The van der Waals surface area contributed by atoms with Crippen molar-refractivity contribution in [1.29, 1.82) is 0 Å². The molecule has 1 aliphatic rings. The fraction of sp³-hybridized carbons (Fsp3) is 0.393. The Balaban J connectivity index is 1.57. The molecule has 184 valence electrons. The van der Waals surface area contributed by atoms with E-state index < -0.39 is 5.97 Å². The topological polar surface area (TPSA) is 91.6 Å². The Morgan fingerprint density at radius 2 is 1.74 bits per heavy atom. The number of nitrogens with one attached hydrogen (secondary N) is 1. The first-order valence-electron chi connectivity index (χ1n) is 12.4. The van der Waals surface area contributed by atoms with E-state index in [1.165, 1.54) is 0 Å². The predicted octanol–water partition coefficient (Wildman–Crippen LogP) is 4.63.